The largest absolute Gasteiger partial charge is 0.381 e. The summed E-state index contributed by atoms with van der Waals surface area (Å²) in [5.41, 5.74) is 1.46. The summed E-state index contributed by atoms with van der Waals surface area (Å²) in [7, 11) is 0. The Kier molecular flexibility index (Phi) is 5.68. The van der Waals surface area contributed by atoms with Crippen molar-refractivity contribution in [3.8, 4) is 0 Å². The van der Waals surface area contributed by atoms with Crippen LogP contribution in [0.4, 0.5) is 0 Å². The van der Waals surface area contributed by atoms with Gasteiger partial charge in [-0.25, -0.2) is 0 Å². The van der Waals surface area contributed by atoms with E-state index in [1.807, 2.05) is 31.2 Å². The van der Waals surface area contributed by atoms with E-state index in [0.717, 1.165) is 24.0 Å². The predicted octanol–water partition coefficient (Wildman–Crippen LogP) is 2.96. The molecule has 0 aromatic carbocycles. The third kappa shape index (κ3) is 2.88. The van der Waals surface area contributed by atoms with E-state index in [0.29, 0.717) is 0 Å². The van der Waals surface area contributed by atoms with E-state index in [4.69, 9.17) is 0 Å². The Morgan fingerprint density at radius 1 is 1.07 bits per heavy atom. The van der Waals surface area contributed by atoms with E-state index in [9.17, 15) is 5.11 Å². The maximum absolute atomic E-state index is 10.3. The van der Waals surface area contributed by atoms with E-state index in [1.165, 1.54) is 0 Å². The van der Waals surface area contributed by atoms with Crippen LogP contribution in [0.3, 0.4) is 0 Å². The van der Waals surface area contributed by atoms with E-state index in [-0.39, 0.29) is 33.3 Å². The summed E-state index contributed by atoms with van der Waals surface area (Å²) in [4.78, 5) is 0. The second kappa shape index (κ2) is 5.76. The molecular weight excluding hydrogens is 351 g/mol. The summed E-state index contributed by atoms with van der Waals surface area (Å²) in [6, 6.07) is 0. The molecule has 0 saturated carbocycles. The fourth-order valence-electron chi connectivity index (χ4n) is 1.82. The molecule has 15 heavy (non-hydrogen) atoms. The van der Waals surface area contributed by atoms with Gasteiger partial charge in [0.2, 0.25) is 0 Å². The van der Waals surface area contributed by atoms with Crippen molar-refractivity contribution < 1.29 is 30.9 Å². The molecule has 0 unspecified atom stereocenters. The number of hydrogen-bond donors (Lipinski definition) is 1. The topological polar surface area (TPSA) is 20.2 Å². The van der Waals surface area contributed by atoms with Gasteiger partial charge in [0.15, 0.2) is 0 Å². The van der Waals surface area contributed by atoms with E-state index in [2.05, 4.69) is 12.2 Å². The van der Waals surface area contributed by atoms with Crippen molar-refractivity contribution in [3.05, 3.63) is 55.0 Å². The molecule has 0 saturated heterocycles. The van der Waals surface area contributed by atoms with Gasteiger partial charge >= 0.3 is 0 Å². The quantitative estimate of drug-likeness (QED) is 0.588. The number of aliphatic hydroxyl groups is 1. The summed E-state index contributed by atoms with van der Waals surface area (Å²) >= 11 is 0. The molecular formula is C13H17HfO-. The Morgan fingerprint density at radius 3 is 1.73 bits per heavy atom. The molecule has 80 valence electrons. The number of hydrogen-bond acceptors (Lipinski definition) is 1. The summed E-state index contributed by atoms with van der Waals surface area (Å²) in [5.74, 6) is 0. The van der Waals surface area contributed by atoms with E-state index in [1.54, 1.807) is 0 Å². The molecule has 2 rings (SSSR count). The van der Waals surface area contributed by atoms with Crippen molar-refractivity contribution in [1.29, 1.82) is 0 Å². The Labute approximate surface area is 111 Å². The summed E-state index contributed by atoms with van der Waals surface area (Å²) < 4.78 is 0. The average molecular weight is 368 g/mol. The number of rotatable bonds is 2. The normalized spacial score (nSPS) is 18.0. The van der Waals surface area contributed by atoms with Gasteiger partial charge in [0.1, 0.15) is 5.60 Å². The Balaban J connectivity index is 0.000000980. The standard InChI is InChI=1S/C12H14O.CH3.Hf/c1-12(13,10-6-2-3-7-10)11-8-4-5-9-11;;/h2-6,8,13H,7,9H2,1H3;1H3;/q;-1;. The van der Waals surface area contributed by atoms with Gasteiger partial charge in [0, 0.05) is 25.8 Å². The van der Waals surface area contributed by atoms with Crippen molar-refractivity contribution >= 4 is 0 Å². The summed E-state index contributed by atoms with van der Waals surface area (Å²) in [6.07, 6.45) is 14.0. The summed E-state index contributed by atoms with van der Waals surface area (Å²) in [5, 5.41) is 10.3. The van der Waals surface area contributed by atoms with Gasteiger partial charge in [0.25, 0.3) is 0 Å². The van der Waals surface area contributed by atoms with Gasteiger partial charge in [-0.3, -0.25) is 0 Å². The molecule has 1 N–H and O–H groups in total. The molecule has 1 nitrogen and oxygen atoms in total. The molecule has 0 aromatic rings. The first kappa shape index (κ1) is 14.8. The van der Waals surface area contributed by atoms with Crippen molar-refractivity contribution in [3.63, 3.8) is 0 Å². The third-order valence-corrected chi connectivity index (χ3v) is 2.79. The Bertz CT molecular complexity index is 300. The fraction of sp³-hybridized carbons (Fsp3) is 0.308. The van der Waals surface area contributed by atoms with Crippen molar-refractivity contribution in [2.75, 3.05) is 0 Å². The second-order valence-electron chi connectivity index (χ2n) is 3.72. The van der Waals surface area contributed by atoms with Gasteiger partial charge in [-0.1, -0.05) is 36.5 Å². The Morgan fingerprint density at radius 2 is 1.47 bits per heavy atom. The average Bonchev–Trinajstić information content (AvgIpc) is 2.78. The van der Waals surface area contributed by atoms with Gasteiger partial charge in [-0.05, 0) is 30.9 Å². The van der Waals surface area contributed by atoms with Crippen LogP contribution in [0.15, 0.2) is 47.6 Å². The van der Waals surface area contributed by atoms with Gasteiger partial charge in [-0.2, -0.15) is 0 Å². The van der Waals surface area contributed by atoms with Crippen molar-refractivity contribution in [1.82, 2.24) is 0 Å². The minimum Gasteiger partial charge on any atom is -0.381 e. The molecule has 0 radical (unpaired) electrons. The minimum atomic E-state index is -0.743. The van der Waals surface area contributed by atoms with Crippen molar-refractivity contribution in [2.24, 2.45) is 0 Å². The van der Waals surface area contributed by atoms with Gasteiger partial charge in [-0.15, -0.1) is 0 Å². The van der Waals surface area contributed by atoms with E-state index >= 15 is 0 Å². The van der Waals surface area contributed by atoms with Crippen LogP contribution in [0.2, 0.25) is 0 Å². The van der Waals surface area contributed by atoms with Crippen LogP contribution in [0.1, 0.15) is 19.8 Å². The monoisotopic (exact) mass is 369 g/mol. The first-order valence-electron chi connectivity index (χ1n) is 4.66. The molecule has 0 aliphatic heterocycles. The first-order chi connectivity index (χ1) is 6.21. The van der Waals surface area contributed by atoms with Crippen LogP contribution in [0, 0.1) is 7.43 Å². The van der Waals surface area contributed by atoms with Crippen molar-refractivity contribution in [2.45, 2.75) is 25.4 Å². The Hall–Kier alpha value is -0.210. The number of allylic oxidation sites excluding steroid dienone is 6. The van der Waals surface area contributed by atoms with Gasteiger partial charge < -0.3 is 12.5 Å². The molecule has 0 fully saturated rings. The van der Waals surface area contributed by atoms with Crippen LogP contribution in [-0.4, -0.2) is 10.7 Å². The van der Waals surface area contributed by atoms with Crippen LogP contribution < -0.4 is 0 Å². The van der Waals surface area contributed by atoms with Crippen LogP contribution in [0.5, 0.6) is 0 Å². The predicted molar refractivity (Wildman–Crippen MR) is 60.7 cm³/mol. The van der Waals surface area contributed by atoms with E-state index < -0.39 is 5.60 Å². The fourth-order valence-corrected chi connectivity index (χ4v) is 1.82. The molecule has 0 atom stereocenters. The molecule has 0 spiro atoms. The molecule has 2 aliphatic rings. The second-order valence-corrected chi connectivity index (χ2v) is 3.72. The van der Waals surface area contributed by atoms with Gasteiger partial charge in [0.05, 0.1) is 0 Å². The zero-order chi connectivity index (χ0) is 9.31. The molecule has 0 aromatic heterocycles. The zero-order valence-corrected chi connectivity index (χ0v) is 12.9. The first-order valence-corrected chi connectivity index (χ1v) is 4.66. The molecule has 0 heterocycles. The smallest absolute Gasteiger partial charge is 0.105 e. The SMILES string of the molecule is CC(O)(C1=CC=CC1)C1=CC=CC1.[CH3-].[Hf]. The molecule has 2 aliphatic carbocycles. The van der Waals surface area contributed by atoms with Crippen LogP contribution in [-0.2, 0) is 25.8 Å². The van der Waals surface area contributed by atoms with Crippen LogP contribution >= 0.6 is 0 Å². The zero-order valence-electron chi connectivity index (χ0n) is 9.33. The summed E-state index contributed by atoms with van der Waals surface area (Å²) in [6.45, 7) is 1.88. The van der Waals surface area contributed by atoms with Crippen LogP contribution in [0.25, 0.3) is 0 Å². The maximum atomic E-state index is 10.3. The molecule has 0 amide bonds. The molecule has 2 heteroatoms. The third-order valence-electron chi connectivity index (χ3n) is 2.79. The molecule has 0 bridgehead atoms. The minimum absolute atomic E-state index is 0. The maximum Gasteiger partial charge on any atom is 0.105 e.